The van der Waals surface area contributed by atoms with Gasteiger partial charge in [-0.1, -0.05) is 36.0 Å². The van der Waals surface area contributed by atoms with Crippen molar-refractivity contribution in [1.82, 2.24) is 0 Å². The van der Waals surface area contributed by atoms with Crippen molar-refractivity contribution in [3.63, 3.8) is 0 Å². The summed E-state index contributed by atoms with van der Waals surface area (Å²) in [5, 5.41) is 13.3. The highest BCUT2D eigenvalue weighted by atomic mass is 32.2. The van der Waals surface area contributed by atoms with Crippen LogP contribution in [0.25, 0.3) is 17.0 Å². The highest BCUT2D eigenvalue weighted by molar-refractivity contribution is 8.03. The SMILES string of the molecule is CC(=O)CCCCC[n+]1ccc(/C=C/C=C2\Sc3cc([N+](=O)[O-])ccc3N2C)c2ccccc21. The zero-order chi connectivity index (χ0) is 24.1. The highest BCUT2D eigenvalue weighted by Gasteiger charge is 2.23. The number of rotatable bonds is 9. The van der Waals surface area contributed by atoms with Gasteiger partial charge in [-0.05, 0) is 43.5 Å². The lowest BCUT2D eigenvalue weighted by Crippen LogP contribution is -2.34. The molecule has 1 aliphatic rings. The van der Waals surface area contributed by atoms with E-state index in [4.69, 9.17) is 0 Å². The van der Waals surface area contributed by atoms with Crippen LogP contribution in [-0.4, -0.2) is 17.8 Å². The highest BCUT2D eigenvalue weighted by Crippen LogP contribution is 2.46. The lowest BCUT2D eigenvalue weighted by molar-refractivity contribution is -0.671. The molecule has 0 fully saturated rings. The van der Waals surface area contributed by atoms with Crippen molar-refractivity contribution in [1.29, 1.82) is 0 Å². The first-order chi connectivity index (χ1) is 16.4. The third-order valence-electron chi connectivity index (χ3n) is 5.96. The Bertz CT molecular complexity index is 1300. The molecule has 0 spiro atoms. The van der Waals surface area contributed by atoms with Gasteiger partial charge < -0.3 is 9.69 Å². The van der Waals surface area contributed by atoms with Gasteiger partial charge in [0, 0.05) is 49.1 Å². The van der Waals surface area contributed by atoms with Crippen molar-refractivity contribution in [2.75, 3.05) is 11.9 Å². The summed E-state index contributed by atoms with van der Waals surface area (Å²) in [5.74, 6) is 0.261. The Balaban J connectivity index is 1.49. The van der Waals surface area contributed by atoms with Crippen LogP contribution in [-0.2, 0) is 11.3 Å². The molecule has 0 unspecified atom stereocenters. The van der Waals surface area contributed by atoms with Gasteiger partial charge in [0.05, 0.1) is 21.0 Å². The Labute approximate surface area is 203 Å². The fourth-order valence-electron chi connectivity index (χ4n) is 4.14. The van der Waals surface area contributed by atoms with Crippen LogP contribution in [0.3, 0.4) is 0 Å². The van der Waals surface area contributed by atoms with Crippen LogP contribution in [0.15, 0.2) is 76.8 Å². The van der Waals surface area contributed by atoms with E-state index >= 15 is 0 Å². The second-order valence-corrected chi connectivity index (χ2v) is 9.49. The second-order valence-electron chi connectivity index (χ2n) is 8.43. The fourth-order valence-corrected chi connectivity index (χ4v) is 5.23. The van der Waals surface area contributed by atoms with Crippen LogP contribution in [0.2, 0.25) is 0 Å². The molecule has 0 radical (unpaired) electrons. The summed E-state index contributed by atoms with van der Waals surface area (Å²) in [4.78, 5) is 24.8. The quantitative estimate of drug-likeness (QED) is 0.158. The Kier molecular flexibility index (Phi) is 7.43. The fraction of sp³-hybridized carbons (Fsp3) is 0.259. The smallest absolute Gasteiger partial charge is 0.270 e. The summed E-state index contributed by atoms with van der Waals surface area (Å²) in [5.41, 5.74) is 3.42. The number of non-ortho nitro benzene ring substituents is 1. The number of carbonyl (C=O) groups excluding carboxylic acids is 1. The normalized spacial score (nSPS) is 14.3. The third-order valence-corrected chi connectivity index (χ3v) is 7.13. The van der Waals surface area contributed by atoms with Gasteiger partial charge in [-0.2, -0.15) is 4.57 Å². The summed E-state index contributed by atoms with van der Waals surface area (Å²) < 4.78 is 2.28. The van der Waals surface area contributed by atoms with Gasteiger partial charge in [-0.25, -0.2) is 0 Å². The number of hydrogen-bond donors (Lipinski definition) is 0. The molecule has 0 bridgehead atoms. The van der Waals surface area contributed by atoms with Crippen molar-refractivity contribution in [2.24, 2.45) is 0 Å². The van der Waals surface area contributed by atoms with E-state index in [0.717, 1.165) is 47.0 Å². The van der Waals surface area contributed by atoms with Crippen molar-refractivity contribution < 1.29 is 14.3 Å². The lowest BCUT2D eigenvalue weighted by atomic mass is 10.1. The molecule has 0 amide bonds. The van der Waals surface area contributed by atoms with Gasteiger partial charge in [0.25, 0.3) is 5.69 Å². The maximum Gasteiger partial charge on any atom is 0.270 e. The van der Waals surface area contributed by atoms with Gasteiger partial charge in [-0.3, -0.25) is 10.1 Å². The Morgan fingerprint density at radius 1 is 1.15 bits per heavy atom. The van der Waals surface area contributed by atoms with E-state index < -0.39 is 0 Å². The molecule has 0 N–H and O–H groups in total. The molecule has 6 nitrogen and oxygen atoms in total. The molecule has 4 rings (SSSR count). The zero-order valence-corrected chi connectivity index (χ0v) is 20.3. The monoisotopic (exact) mass is 474 g/mol. The number of nitrogens with zero attached hydrogens (tertiary/aromatic N) is 3. The zero-order valence-electron chi connectivity index (χ0n) is 19.4. The van der Waals surface area contributed by atoms with E-state index in [-0.39, 0.29) is 16.4 Å². The van der Waals surface area contributed by atoms with Crippen LogP contribution in [0, 0.1) is 10.1 Å². The average molecular weight is 475 g/mol. The Hall–Kier alpha value is -3.45. The minimum atomic E-state index is -0.360. The number of nitro benzene ring substituents is 1. The maximum atomic E-state index is 11.1. The molecular formula is C27H28N3O3S+. The first-order valence-electron chi connectivity index (χ1n) is 11.4. The summed E-state index contributed by atoms with van der Waals surface area (Å²) >= 11 is 1.54. The van der Waals surface area contributed by atoms with E-state index in [1.165, 1.54) is 22.7 Å². The molecule has 0 saturated heterocycles. The third kappa shape index (κ3) is 5.37. The first kappa shape index (κ1) is 23.7. The van der Waals surface area contributed by atoms with Gasteiger partial charge in [0.1, 0.15) is 12.3 Å². The lowest BCUT2D eigenvalue weighted by Gasteiger charge is -2.12. The molecule has 0 atom stereocenters. The van der Waals surface area contributed by atoms with Gasteiger partial charge in [0.15, 0.2) is 6.20 Å². The molecule has 2 aromatic carbocycles. The molecule has 3 aromatic rings. The predicted molar refractivity (Wildman–Crippen MR) is 138 cm³/mol. The van der Waals surface area contributed by atoms with Crippen LogP contribution in [0.1, 0.15) is 38.2 Å². The van der Waals surface area contributed by atoms with Crippen molar-refractivity contribution in [2.45, 2.75) is 44.0 Å². The summed E-state index contributed by atoms with van der Waals surface area (Å²) in [6.45, 7) is 2.58. The molecule has 7 heteroatoms. The predicted octanol–water partition coefficient (Wildman–Crippen LogP) is 6.28. The van der Waals surface area contributed by atoms with E-state index in [0.29, 0.717) is 6.42 Å². The molecule has 2 heterocycles. The number of nitro groups is 1. The largest absolute Gasteiger partial charge is 0.338 e. The summed E-state index contributed by atoms with van der Waals surface area (Å²) in [7, 11) is 1.97. The number of thioether (sulfide) groups is 1. The average Bonchev–Trinajstić information content (AvgIpc) is 3.14. The van der Waals surface area contributed by atoms with E-state index in [2.05, 4.69) is 52.1 Å². The number of carbonyl (C=O) groups is 1. The van der Waals surface area contributed by atoms with Crippen molar-refractivity contribution in [3.05, 3.63) is 87.6 Å². The summed E-state index contributed by atoms with van der Waals surface area (Å²) in [6.07, 6.45) is 12.0. The number of fused-ring (bicyclic) bond motifs is 2. The molecule has 34 heavy (non-hydrogen) atoms. The van der Waals surface area contributed by atoms with Crippen LogP contribution in [0.5, 0.6) is 0 Å². The van der Waals surface area contributed by atoms with Crippen molar-refractivity contribution >= 4 is 45.9 Å². The molecule has 0 aliphatic carbocycles. The number of ketones is 1. The van der Waals surface area contributed by atoms with E-state index in [1.54, 1.807) is 25.1 Å². The van der Waals surface area contributed by atoms with Crippen LogP contribution < -0.4 is 9.47 Å². The van der Waals surface area contributed by atoms with Gasteiger partial charge in [0.2, 0.25) is 5.52 Å². The minimum Gasteiger partial charge on any atom is -0.338 e. The molecule has 1 aromatic heterocycles. The second kappa shape index (κ2) is 10.7. The molecule has 1 aliphatic heterocycles. The van der Waals surface area contributed by atoms with Crippen LogP contribution >= 0.6 is 11.8 Å². The van der Waals surface area contributed by atoms with Gasteiger partial charge >= 0.3 is 0 Å². The number of anilines is 1. The Morgan fingerprint density at radius 3 is 2.76 bits per heavy atom. The first-order valence-corrected chi connectivity index (χ1v) is 12.2. The number of pyridine rings is 1. The van der Waals surface area contributed by atoms with E-state index in [1.807, 2.05) is 19.2 Å². The van der Waals surface area contributed by atoms with E-state index in [9.17, 15) is 14.9 Å². The summed E-state index contributed by atoms with van der Waals surface area (Å²) in [6, 6.07) is 15.5. The van der Waals surface area contributed by atoms with Crippen LogP contribution in [0.4, 0.5) is 11.4 Å². The maximum absolute atomic E-state index is 11.1. The number of unbranched alkanes of at least 4 members (excludes halogenated alkanes) is 2. The molecule has 174 valence electrons. The topological polar surface area (TPSA) is 67.3 Å². The molecule has 0 saturated carbocycles. The number of hydrogen-bond acceptors (Lipinski definition) is 5. The minimum absolute atomic E-state index is 0.111. The molecular weight excluding hydrogens is 446 g/mol. The Morgan fingerprint density at radius 2 is 1.97 bits per heavy atom. The number of benzene rings is 2. The number of aryl methyl sites for hydroxylation is 1. The van der Waals surface area contributed by atoms with Crippen molar-refractivity contribution in [3.8, 4) is 0 Å². The van der Waals surface area contributed by atoms with Gasteiger partial charge in [-0.15, -0.1) is 0 Å². The number of aromatic nitrogens is 1. The number of para-hydroxylation sites is 1. The number of Topliss-reactive ketones (excluding diaryl/α,β-unsaturated/α-hetero) is 1. The number of allylic oxidation sites excluding steroid dienone is 2. The standard InChI is InChI=1S/C27H28N3O3S/c1-20(31)9-4-3-7-17-29-18-16-21(23-11-5-6-12-24(23)29)10-8-13-27-28(2)25-15-14-22(30(32)33)19-26(25)34-27/h5-6,8,10-16,18-19H,3-4,7,9,17H2,1-2H3/q+1.